The second kappa shape index (κ2) is 7.41. The van der Waals surface area contributed by atoms with Crippen molar-refractivity contribution in [3.8, 4) is 10.7 Å². The zero-order chi connectivity index (χ0) is 14.4. The van der Waals surface area contributed by atoms with Gasteiger partial charge in [0, 0.05) is 0 Å². The largest absolute Gasteiger partial charge is 0.468 e. The van der Waals surface area contributed by atoms with Crippen LogP contribution in [0.3, 0.4) is 0 Å². The van der Waals surface area contributed by atoms with Crippen LogP contribution in [0.1, 0.15) is 12.3 Å². The lowest BCUT2D eigenvalue weighted by Crippen LogP contribution is -2.31. The summed E-state index contributed by atoms with van der Waals surface area (Å²) in [6, 6.07) is 3.32. The number of esters is 1. The van der Waals surface area contributed by atoms with Gasteiger partial charge in [-0.2, -0.15) is 16.7 Å². The molecule has 0 spiro atoms. The summed E-state index contributed by atoms with van der Waals surface area (Å²) < 4.78 is 9.73. The number of aromatic nitrogens is 2. The Balaban J connectivity index is 1.74. The van der Waals surface area contributed by atoms with Crippen LogP contribution in [0.25, 0.3) is 10.7 Å². The van der Waals surface area contributed by atoms with Gasteiger partial charge in [-0.15, -0.1) is 11.3 Å². The molecule has 20 heavy (non-hydrogen) atoms. The molecule has 2 rings (SSSR count). The van der Waals surface area contributed by atoms with Gasteiger partial charge in [-0.3, -0.25) is 4.79 Å². The zero-order valence-electron chi connectivity index (χ0n) is 10.9. The average molecular weight is 313 g/mol. The summed E-state index contributed by atoms with van der Waals surface area (Å²) in [7, 11) is 1.33. The molecule has 0 aromatic carbocycles. The number of hydrogen-bond donors (Lipinski definition) is 1. The van der Waals surface area contributed by atoms with Crippen LogP contribution in [0.4, 0.5) is 0 Å². The maximum Gasteiger partial charge on any atom is 0.322 e. The van der Waals surface area contributed by atoms with Crippen molar-refractivity contribution in [2.45, 2.75) is 18.2 Å². The maximum absolute atomic E-state index is 11.1. The Kier molecular flexibility index (Phi) is 5.57. The first-order valence-electron chi connectivity index (χ1n) is 5.98. The van der Waals surface area contributed by atoms with Crippen molar-refractivity contribution in [2.24, 2.45) is 5.73 Å². The molecule has 0 aliphatic rings. The Morgan fingerprint density at radius 3 is 3.20 bits per heavy atom. The third-order valence-electron chi connectivity index (χ3n) is 2.51. The molecular formula is C12H15N3O3S2. The van der Waals surface area contributed by atoms with E-state index in [0.29, 0.717) is 23.9 Å². The lowest BCUT2D eigenvalue weighted by Gasteiger charge is -2.07. The van der Waals surface area contributed by atoms with Gasteiger partial charge >= 0.3 is 5.97 Å². The first kappa shape index (κ1) is 15.0. The minimum Gasteiger partial charge on any atom is -0.468 e. The number of carbonyl (C=O) groups is 1. The molecule has 8 heteroatoms. The number of thioether (sulfide) groups is 1. The number of ether oxygens (including phenoxy) is 1. The van der Waals surface area contributed by atoms with Crippen molar-refractivity contribution < 1.29 is 14.1 Å². The summed E-state index contributed by atoms with van der Waals surface area (Å²) in [6.45, 7) is 0. The first-order chi connectivity index (χ1) is 9.70. The van der Waals surface area contributed by atoms with Crippen LogP contribution in [-0.4, -0.2) is 35.0 Å². The van der Waals surface area contributed by atoms with Gasteiger partial charge in [0.1, 0.15) is 6.04 Å². The summed E-state index contributed by atoms with van der Waals surface area (Å²) in [5.74, 6) is 2.13. The number of nitrogens with two attached hydrogens (primary N) is 1. The van der Waals surface area contributed by atoms with Gasteiger partial charge in [0.25, 0.3) is 0 Å². The molecule has 0 radical (unpaired) electrons. The second-order valence-corrected chi connectivity index (χ2v) is 6.01. The van der Waals surface area contributed by atoms with E-state index in [2.05, 4.69) is 14.9 Å². The van der Waals surface area contributed by atoms with Crippen molar-refractivity contribution in [1.29, 1.82) is 0 Å². The summed E-state index contributed by atoms with van der Waals surface area (Å²) >= 11 is 3.16. The molecule has 2 aromatic heterocycles. The molecule has 0 aliphatic heterocycles. The maximum atomic E-state index is 11.1. The predicted octanol–water partition coefficient (Wildman–Crippen LogP) is 1.92. The highest BCUT2D eigenvalue weighted by atomic mass is 32.2. The Labute approximate surface area is 124 Å². The van der Waals surface area contributed by atoms with E-state index in [4.69, 9.17) is 10.3 Å². The van der Waals surface area contributed by atoms with Gasteiger partial charge in [0.15, 0.2) is 0 Å². The summed E-state index contributed by atoms with van der Waals surface area (Å²) in [6.07, 6.45) is 0.559. The van der Waals surface area contributed by atoms with E-state index in [9.17, 15) is 4.79 Å². The SMILES string of the molecule is COC(=O)C(N)CCSCc1nc(-c2cccs2)no1. The van der Waals surface area contributed by atoms with Crippen molar-refractivity contribution in [1.82, 2.24) is 10.1 Å². The molecule has 0 fully saturated rings. The fourth-order valence-corrected chi connectivity index (χ4v) is 2.96. The standard InChI is InChI=1S/C12H15N3O3S2/c1-17-12(16)8(13)4-6-19-7-10-14-11(15-18-10)9-3-2-5-20-9/h2-3,5,8H,4,6-7,13H2,1H3. The molecule has 0 saturated carbocycles. The van der Waals surface area contributed by atoms with Crippen molar-refractivity contribution >= 4 is 29.1 Å². The van der Waals surface area contributed by atoms with Crippen LogP contribution in [0.5, 0.6) is 0 Å². The Hall–Kier alpha value is -1.38. The van der Waals surface area contributed by atoms with E-state index in [-0.39, 0.29) is 5.97 Å². The van der Waals surface area contributed by atoms with Crippen LogP contribution < -0.4 is 5.73 Å². The van der Waals surface area contributed by atoms with Crippen molar-refractivity contribution in [2.75, 3.05) is 12.9 Å². The van der Waals surface area contributed by atoms with Gasteiger partial charge in [0.05, 0.1) is 17.7 Å². The van der Waals surface area contributed by atoms with E-state index in [0.717, 1.165) is 10.6 Å². The number of thiophene rings is 1. The Bertz CT molecular complexity index is 542. The number of rotatable bonds is 7. The molecule has 2 aromatic rings. The molecule has 108 valence electrons. The van der Waals surface area contributed by atoms with Gasteiger partial charge in [0.2, 0.25) is 11.7 Å². The third-order valence-corrected chi connectivity index (χ3v) is 4.35. The minimum absolute atomic E-state index is 0.386. The number of carbonyl (C=O) groups excluding carboxylic acids is 1. The van der Waals surface area contributed by atoms with E-state index >= 15 is 0 Å². The van der Waals surface area contributed by atoms with Crippen molar-refractivity contribution in [3.63, 3.8) is 0 Å². The Morgan fingerprint density at radius 2 is 2.50 bits per heavy atom. The van der Waals surface area contributed by atoms with Crippen LogP contribution in [0, 0.1) is 0 Å². The highest BCUT2D eigenvalue weighted by Crippen LogP contribution is 2.22. The van der Waals surface area contributed by atoms with Gasteiger partial charge < -0.3 is 15.0 Å². The molecule has 2 heterocycles. The molecule has 0 bridgehead atoms. The lowest BCUT2D eigenvalue weighted by molar-refractivity contribution is -0.142. The topological polar surface area (TPSA) is 91.2 Å². The minimum atomic E-state index is -0.572. The van der Waals surface area contributed by atoms with Crippen LogP contribution in [0.15, 0.2) is 22.0 Å². The average Bonchev–Trinajstić information content (AvgIpc) is 3.12. The summed E-state index contributed by atoms with van der Waals surface area (Å²) in [4.78, 5) is 16.4. The Morgan fingerprint density at radius 1 is 1.65 bits per heavy atom. The summed E-state index contributed by atoms with van der Waals surface area (Å²) in [5, 5.41) is 5.89. The quantitative estimate of drug-likeness (QED) is 0.616. The van der Waals surface area contributed by atoms with Gasteiger partial charge in [-0.1, -0.05) is 11.2 Å². The lowest BCUT2D eigenvalue weighted by atomic mass is 10.2. The summed E-state index contributed by atoms with van der Waals surface area (Å²) in [5.41, 5.74) is 5.64. The van der Waals surface area contributed by atoms with E-state index in [1.807, 2.05) is 17.5 Å². The predicted molar refractivity (Wildman–Crippen MR) is 78.4 cm³/mol. The highest BCUT2D eigenvalue weighted by molar-refractivity contribution is 7.98. The number of hydrogen-bond acceptors (Lipinski definition) is 8. The highest BCUT2D eigenvalue weighted by Gasteiger charge is 2.14. The molecular weight excluding hydrogens is 298 g/mol. The van der Waals surface area contributed by atoms with Crippen LogP contribution in [-0.2, 0) is 15.3 Å². The third kappa shape index (κ3) is 4.06. The molecule has 0 amide bonds. The molecule has 2 N–H and O–H groups in total. The fourth-order valence-electron chi connectivity index (χ4n) is 1.46. The number of nitrogens with zero attached hydrogens (tertiary/aromatic N) is 2. The monoisotopic (exact) mass is 313 g/mol. The van der Waals surface area contributed by atoms with Crippen LogP contribution >= 0.6 is 23.1 Å². The normalized spacial score (nSPS) is 12.3. The molecule has 0 aliphatic carbocycles. The van der Waals surface area contributed by atoms with Crippen LogP contribution in [0.2, 0.25) is 0 Å². The van der Waals surface area contributed by atoms with E-state index < -0.39 is 6.04 Å². The molecule has 0 saturated heterocycles. The first-order valence-corrected chi connectivity index (χ1v) is 8.01. The van der Waals surface area contributed by atoms with E-state index in [1.54, 1.807) is 23.1 Å². The molecule has 6 nitrogen and oxygen atoms in total. The molecule has 1 atom stereocenters. The smallest absolute Gasteiger partial charge is 0.322 e. The van der Waals surface area contributed by atoms with E-state index in [1.165, 1.54) is 7.11 Å². The molecule has 1 unspecified atom stereocenters. The van der Waals surface area contributed by atoms with Crippen molar-refractivity contribution in [3.05, 3.63) is 23.4 Å². The second-order valence-electron chi connectivity index (χ2n) is 3.96. The van der Waals surface area contributed by atoms with Gasteiger partial charge in [-0.05, 0) is 23.6 Å². The number of methoxy groups -OCH3 is 1. The zero-order valence-corrected chi connectivity index (χ0v) is 12.6. The fraction of sp³-hybridized carbons (Fsp3) is 0.417. The van der Waals surface area contributed by atoms with Gasteiger partial charge in [-0.25, -0.2) is 0 Å².